The minimum Gasteiger partial charge on any atom is -0.484 e. The second kappa shape index (κ2) is 9.85. The first-order chi connectivity index (χ1) is 14.0. The van der Waals surface area contributed by atoms with Crippen LogP contribution >= 0.6 is 11.6 Å². The fourth-order valence-corrected chi connectivity index (χ4v) is 2.86. The van der Waals surface area contributed by atoms with Crippen molar-refractivity contribution in [1.29, 1.82) is 0 Å². The smallest absolute Gasteiger partial charge is 0.293 e. The standard InChI is InChI=1S/C19H19ClN4O5/c20-15-2-4-16(5-3-15)29-13-19(25)22-21-12-14-1-6-17(18(11-14)24(26)27)23-7-9-28-10-8-23/h1-6,11-12H,7-10,13H2,(H,22,25). The van der Waals surface area contributed by atoms with Gasteiger partial charge in [0.2, 0.25) is 0 Å². The molecule has 1 fully saturated rings. The molecule has 2 aromatic rings. The van der Waals surface area contributed by atoms with Crippen molar-refractivity contribution in [2.24, 2.45) is 5.10 Å². The average molecular weight is 419 g/mol. The summed E-state index contributed by atoms with van der Waals surface area (Å²) in [7, 11) is 0. The van der Waals surface area contributed by atoms with Crippen molar-refractivity contribution in [2.75, 3.05) is 37.8 Å². The Morgan fingerprint density at radius 1 is 1.28 bits per heavy atom. The van der Waals surface area contributed by atoms with E-state index in [1.54, 1.807) is 36.4 Å². The van der Waals surface area contributed by atoms with Crippen LogP contribution in [-0.2, 0) is 9.53 Å². The van der Waals surface area contributed by atoms with Gasteiger partial charge in [0.1, 0.15) is 11.4 Å². The van der Waals surface area contributed by atoms with Crippen molar-refractivity contribution in [2.45, 2.75) is 0 Å². The third-order valence-corrected chi connectivity index (χ3v) is 4.39. The van der Waals surface area contributed by atoms with Crippen molar-refractivity contribution < 1.29 is 19.2 Å². The maximum Gasteiger partial charge on any atom is 0.293 e. The number of hydrogen-bond acceptors (Lipinski definition) is 7. The van der Waals surface area contributed by atoms with E-state index >= 15 is 0 Å². The maximum absolute atomic E-state index is 11.8. The number of amides is 1. The van der Waals surface area contributed by atoms with E-state index in [2.05, 4.69) is 10.5 Å². The number of benzene rings is 2. The molecule has 29 heavy (non-hydrogen) atoms. The summed E-state index contributed by atoms with van der Waals surface area (Å²) in [5, 5.41) is 15.8. The van der Waals surface area contributed by atoms with Crippen LogP contribution in [0.1, 0.15) is 5.56 Å². The molecule has 152 valence electrons. The number of anilines is 1. The number of nitrogens with zero attached hydrogens (tertiary/aromatic N) is 3. The van der Waals surface area contributed by atoms with Gasteiger partial charge in [0.05, 0.1) is 24.4 Å². The molecule has 1 aliphatic rings. The predicted octanol–water partition coefficient (Wildman–Crippen LogP) is 2.61. The Balaban J connectivity index is 1.58. The summed E-state index contributed by atoms with van der Waals surface area (Å²) in [4.78, 5) is 24.7. The monoisotopic (exact) mass is 418 g/mol. The SMILES string of the molecule is O=C(COc1ccc(Cl)cc1)NN=Cc1ccc(N2CCOCC2)c([N+](=O)[O-])c1. The van der Waals surface area contributed by atoms with Crippen LogP contribution in [-0.4, -0.2) is 50.0 Å². The van der Waals surface area contributed by atoms with E-state index in [-0.39, 0.29) is 12.3 Å². The van der Waals surface area contributed by atoms with E-state index in [0.29, 0.717) is 48.3 Å². The molecule has 1 N–H and O–H groups in total. The zero-order chi connectivity index (χ0) is 20.6. The van der Waals surface area contributed by atoms with Crippen LogP contribution in [0.3, 0.4) is 0 Å². The Bertz CT molecular complexity index is 898. The number of rotatable bonds is 7. The summed E-state index contributed by atoms with van der Waals surface area (Å²) in [6, 6.07) is 11.4. The lowest BCUT2D eigenvalue weighted by Gasteiger charge is -2.28. The van der Waals surface area contributed by atoms with Gasteiger partial charge in [0.25, 0.3) is 11.6 Å². The van der Waals surface area contributed by atoms with Crippen LogP contribution in [0.25, 0.3) is 0 Å². The van der Waals surface area contributed by atoms with Crippen LogP contribution in [0.5, 0.6) is 5.75 Å². The van der Waals surface area contributed by atoms with E-state index in [4.69, 9.17) is 21.1 Å². The van der Waals surface area contributed by atoms with Gasteiger partial charge in [-0.1, -0.05) is 17.7 Å². The van der Waals surface area contributed by atoms with Crippen LogP contribution in [0.2, 0.25) is 5.02 Å². The maximum atomic E-state index is 11.8. The van der Waals surface area contributed by atoms with Crippen molar-refractivity contribution in [3.63, 3.8) is 0 Å². The highest BCUT2D eigenvalue weighted by Gasteiger charge is 2.21. The van der Waals surface area contributed by atoms with Crippen molar-refractivity contribution >= 4 is 35.1 Å². The third-order valence-electron chi connectivity index (χ3n) is 4.13. The molecule has 0 atom stereocenters. The lowest BCUT2D eigenvalue weighted by Crippen LogP contribution is -2.36. The van der Waals surface area contributed by atoms with E-state index in [0.717, 1.165) is 0 Å². The summed E-state index contributed by atoms with van der Waals surface area (Å²) < 4.78 is 10.6. The molecule has 0 unspecified atom stereocenters. The number of nitro groups is 1. The van der Waals surface area contributed by atoms with E-state index in [1.807, 2.05) is 4.90 Å². The molecule has 10 heteroatoms. The van der Waals surface area contributed by atoms with Gasteiger partial charge in [0, 0.05) is 29.7 Å². The van der Waals surface area contributed by atoms with Crippen LogP contribution in [0, 0.1) is 10.1 Å². The fourth-order valence-electron chi connectivity index (χ4n) is 2.73. The van der Waals surface area contributed by atoms with Gasteiger partial charge in [0.15, 0.2) is 6.61 Å². The number of nitrogens with one attached hydrogen (secondary N) is 1. The molecule has 3 rings (SSSR count). The Morgan fingerprint density at radius 3 is 2.69 bits per heavy atom. The normalized spacial score (nSPS) is 14.0. The van der Waals surface area contributed by atoms with Crippen LogP contribution in [0.4, 0.5) is 11.4 Å². The highest BCUT2D eigenvalue weighted by atomic mass is 35.5. The molecule has 1 saturated heterocycles. The minimum atomic E-state index is -0.462. The van der Waals surface area contributed by atoms with E-state index in [1.165, 1.54) is 12.3 Å². The second-order valence-electron chi connectivity index (χ2n) is 6.14. The van der Waals surface area contributed by atoms with Crippen molar-refractivity contribution in [1.82, 2.24) is 5.43 Å². The topological polar surface area (TPSA) is 106 Å². The molecule has 1 aliphatic heterocycles. The Kier molecular flexibility index (Phi) is 6.99. The first-order valence-corrected chi connectivity index (χ1v) is 9.22. The summed E-state index contributed by atoms with van der Waals surface area (Å²) >= 11 is 5.78. The zero-order valence-electron chi connectivity index (χ0n) is 15.4. The van der Waals surface area contributed by atoms with Gasteiger partial charge in [-0.15, -0.1) is 0 Å². The quantitative estimate of drug-likeness (QED) is 0.421. The highest BCUT2D eigenvalue weighted by molar-refractivity contribution is 6.30. The zero-order valence-corrected chi connectivity index (χ0v) is 16.2. The fraction of sp³-hybridized carbons (Fsp3) is 0.263. The van der Waals surface area contributed by atoms with Gasteiger partial charge in [-0.2, -0.15) is 5.10 Å². The number of hydrogen-bond donors (Lipinski definition) is 1. The summed E-state index contributed by atoms with van der Waals surface area (Å²) in [5.74, 6) is 0.0403. The summed E-state index contributed by atoms with van der Waals surface area (Å²) in [5.41, 5.74) is 3.33. The molecule has 0 bridgehead atoms. The second-order valence-corrected chi connectivity index (χ2v) is 6.58. The Hall–Kier alpha value is -3.17. The largest absolute Gasteiger partial charge is 0.484 e. The number of hydrazone groups is 1. The first kappa shape index (κ1) is 20.6. The molecule has 1 amide bonds. The van der Waals surface area contributed by atoms with Gasteiger partial charge < -0.3 is 14.4 Å². The minimum absolute atomic E-state index is 0.0201. The van der Waals surface area contributed by atoms with Crippen LogP contribution in [0.15, 0.2) is 47.6 Å². The lowest BCUT2D eigenvalue weighted by atomic mass is 10.1. The number of nitro benzene ring substituents is 1. The molecule has 9 nitrogen and oxygen atoms in total. The van der Waals surface area contributed by atoms with E-state index < -0.39 is 10.8 Å². The predicted molar refractivity (Wildman–Crippen MR) is 109 cm³/mol. The highest BCUT2D eigenvalue weighted by Crippen LogP contribution is 2.29. The molecular weight excluding hydrogens is 400 g/mol. The average Bonchev–Trinajstić information content (AvgIpc) is 2.74. The van der Waals surface area contributed by atoms with Crippen molar-refractivity contribution in [3.05, 3.63) is 63.2 Å². The molecule has 0 radical (unpaired) electrons. The summed E-state index contributed by atoms with van der Waals surface area (Å²) in [6.45, 7) is 2.03. The number of ether oxygens (including phenoxy) is 2. The number of carbonyl (C=O) groups excluding carboxylic acids is 1. The molecule has 1 heterocycles. The van der Waals surface area contributed by atoms with Gasteiger partial charge in [-0.3, -0.25) is 14.9 Å². The van der Waals surface area contributed by atoms with Crippen molar-refractivity contribution in [3.8, 4) is 5.75 Å². The number of morpholine rings is 1. The van der Waals surface area contributed by atoms with Crippen LogP contribution < -0.4 is 15.1 Å². The van der Waals surface area contributed by atoms with Gasteiger partial charge >= 0.3 is 0 Å². The lowest BCUT2D eigenvalue weighted by molar-refractivity contribution is -0.384. The van der Waals surface area contributed by atoms with E-state index in [9.17, 15) is 14.9 Å². The third kappa shape index (κ3) is 5.90. The first-order valence-electron chi connectivity index (χ1n) is 8.84. The van der Waals surface area contributed by atoms with Gasteiger partial charge in [-0.05, 0) is 30.3 Å². The molecule has 2 aromatic carbocycles. The number of halogens is 1. The summed E-state index contributed by atoms with van der Waals surface area (Å²) in [6.07, 6.45) is 1.34. The number of carbonyl (C=O) groups is 1. The molecule has 0 saturated carbocycles. The van der Waals surface area contributed by atoms with Gasteiger partial charge in [-0.25, -0.2) is 5.43 Å². The molecular formula is C19H19ClN4O5. The Labute approximate surface area is 172 Å². The molecule has 0 aliphatic carbocycles. The molecule has 0 aromatic heterocycles. The Morgan fingerprint density at radius 2 is 2.00 bits per heavy atom. The molecule has 0 spiro atoms.